The van der Waals surface area contributed by atoms with Crippen LogP contribution in [-0.4, -0.2) is 52.8 Å². The van der Waals surface area contributed by atoms with E-state index in [0.29, 0.717) is 19.6 Å². The average Bonchev–Trinajstić information content (AvgIpc) is 2.87. The van der Waals surface area contributed by atoms with Crippen LogP contribution in [-0.2, 0) is 6.54 Å². The number of pyridine rings is 1. The van der Waals surface area contributed by atoms with Crippen molar-refractivity contribution in [1.29, 1.82) is 0 Å². The van der Waals surface area contributed by atoms with Crippen LogP contribution >= 0.6 is 11.3 Å². The lowest BCUT2D eigenvalue weighted by Crippen LogP contribution is -2.45. The molecule has 1 unspecified atom stereocenters. The van der Waals surface area contributed by atoms with E-state index in [1.165, 1.54) is 0 Å². The highest BCUT2D eigenvalue weighted by Crippen LogP contribution is 2.21. The van der Waals surface area contributed by atoms with Crippen LogP contribution in [0.3, 0.4) is 0 Å². The maximum Gasteiger partial charge on any atom is 0.142 e. The van der Waals surface area contributed by atoms with Crippen LogP contribution in [0.1, 0.15) is 12.6 Å². The molecule has 2 aromatic rings. The number of thiazole rings is 1. The number of hydrogen-bond acceptors (Lipinski definition) is 6. The highest BCUT2D eigenvalue weighted by molar-refractivity contribution is 7.13. The van der Waals surface area contributed by atoms with Crippen molar-refractivity contribution in [3.63, 3.8) is 0 Å². The summed E-state index contributed by atoms with van der Waals surface area (Å²) >= 11 is 1.59. The topological polar surface area (TPSA) is 61.3 Å². The highest BCUT2D eigenvalue weighted by atomic mass is 32.1. The Morgan fingerprint density at radius 1 is 1.38 bits per heavy atom. The maximum absolute atomic E-state index is 10.2. The lowest BCUT2D eigenvalue weighted by molar-refractivity contribution is 0.0335. The second kappa shape index (κ2) is 7.09. The SMILES string of the molecule is CN(C)CC(C)(O)CNCc1csc(-c2ccccn2)n1. The summed E-state index contributed by atoms with van der Waals surface area (Å²) in [5.74, 6) is 0. The van der Waals surface area contributed by atoms with Gasteiger partial charge in [-0.3, -0.25) is 4.98 Å². The van der Waals surface area contributed by atoms with Crippen LogP contribution in [0.2, 0.25) is 0 Å². The van der Waals surface area contributed by atoms with E-state index in [1.807, 2.05) is 49.5 Å². The second-order valence-corrected chi connectivity index (χ2v) is 6.56. The van der Waals surface area contributed by atoms with Crippen LogP contribution in [0.5, 0.6) is 0 Å². The molecule has 0 saturated heterocycles. The number of aromatic nitrogens is 2. The molecule has 0 fully saturated rings. The summed E-state index contributed by atoms with van der Waals surface area (Å²) in [6.07, 6.45) is 1.77. The van der Waals surface area contributed by atoms with Gasteiger partial charge in [-0.25, -0.2) is 4.98 Å². The minimum Gasteiger partial charge on any atom is -0.388 e. The van der Waals surface area contributed by atoms with Crippen molar-refractivity contribution in [1.82, 2.24) is 20.2 Å². The zero-order valence-corrected chi connectivity index (χ0v) is 13.5. The molecule has 2 N–H and O–H groups in total. The molecule has 0 bridgehead atoms. The third kappa shape index (κ3) is 5.17. The van der Waals surface area contributed by atoms with Crippen LogP contribution in [0.25, 0.3) is 10.7 Å². The summed E-state index contributed by atoms with van der Waals surface area (Å²) in [4.78, 5) is 10.8. The molecule has 2 rings (SSSR count). The Morgan fingerprint density at radius 2 is 2.19 bits per heavy atom. The van der Waals surface area contributed by atoms with Crippen molar-refractivity contribution in [2.45, 2.75) is 19.1 Å². The van der Waals surface area contributed by atoms with E-state index in [2.05, 4.69) is 15.3 Å². The number of aliphatic hydroxyl groups is 1. The van der Waals surface area contributed by atoms with Gasteiger partial charge in [-0.15, -0.1) is 11.3 Å². The minimum atomic E-state index is -0.747. The molecule has 0 saturated carbocycles. The molecule has 0 aliphatic rings. The summed E-state index contributed by atoms with van der Waals surface area (Å²) in [5.41, 5.74) is 1.12. The van der Waals surface area contributed by atoms with Crippen molar-refractivity contribution in [2.75, 3.05) is 27.2 Å². The van der Waals surface area contributed by atoms with Gasteiger partial charge in [0.2, 0.25) is 0 Å². The van der Waals surface area contributed by atoms with Gasteiger partial charge in [0, 0.05) is 31.2 Å². The first-order valence-corrected chi connectivity index (χ1v) is 7.78. The van der Waals surface area contributed by atoms with Gasteiger partial charge in [0.25, 0.3) is 0 Å². The van der Waals surface area contributed by atoms with Gasteiger partial charge >= 0.3 is 0 Å². The lowest BCUT2D eigenvalue weighted by Gasteiger charge is -2.27. The fraction of sp³-hybridized carbons (Fsp3) is 0.467. The molecule has 21 heavy (non-hydrogen) atoms. The largest absolute Gasteiger partial charge is 0.388 e. The van der Waals surface area contributed by atoms with Crippen molar-refractivity contribution in [3.8, 4) is 10.7 Å². The van der Waals surface area contributed by atoms with E-state index >= 15 is 0 Å². The summed E-state index contributed by atoms with van der Waals surface area (Å²) in [6, 6.07) is 5.81. The van der Waals surface area contributed by atoms with E-state index in [4.69, 9.17) is 0 Å². The van der Waals surface area contributed by atoms with Crippen molar-refractivity contribution >= 4 is 11.3 Å². The second-order valence-electron chi connectivity index (χ2n) is 5.70. The summed E-state index contributed by atoms with van der Waals surface area (Å²) in [7, 11) is 3.90. The predicted octanol–water partition coefficient (Wildman–Crippen LogP) is 1.61. The average molecular weight is 306 g/mol. The lowest BCUT2D eigenvalue weighted by atomic mass is 10.1. The zero-order valence-electron chi connectivity index (χ0n) is 12.7. The molecule has 6 heteroatoms. The quantitative estimate of drug-likeness (QED) is 0.814. The molecule has 2 aromatic heterocycles. The molecule has 0 spiro atoms. The van der Waals surface area contributed by atoms with Crippen LogP contribution in [0.15, 0.2) is 29.8 Å². The first-order chi connectivity index (χ1) is 9.96. The van der Waals surface area contributed by atoms with Gasteiger partial charge < -0.3 is 15.3 Å². The fourth-order valence-corrected chi connectivity index (χ4v) is 2.99. The molecule has 0 aliphatic heterocycles. The third-order valence-corrected chi connectivity index (χ3v) is 3.82. The zero-order chi connectivity index (χ0) is 15.3. The first-order valence-electron chi connectivity index (χ1n) is 6.90. The van der Waals surface area contributed by atoms with E-state index in [0.717, 1.165) is 16.4 Å². The molecular formula is C15H22N4OS. The van der Waals surface area contributed by atoms with Gasteiger partial charge in [0.1, 0.15) is 5.01 Å². The van der Waals surface area contributed by atoms with Gasteiger partial charge in [0.05, 0.1) is 17.0 Å². The van der Waals surface area contributed by atoms with E-state index in [1.54, 1.807) is 17.5 Å². The molecular weight excluding hydrogens is 284 g/mol. The maximum atomic E-state index is 10.2. The molecule has 0 aliphatic carbocycles. The number of nitrogens with zero attached hydrogens (tertiary/aromatic N) is 3. The predicted molar refractivity (Wildman–Crippen MR) is 86.2 cm³/mol. The van der Waals surface area contributed by atoms with E-state index < -0.39 is 5.60 Å². The Balaban J connectivity index is 1.86. The minimum absolute atomic E-state index is 0.529. The number of likely N-dealkylation sites (N-methyl/N-ethyl adjacent to an activating group) is 1. The van der Waals surface area contributed by atoms with Crippen molar-refractivity contribution in [2.24, 2.45) is 0 Å². The van der Waals surface area contributed by atoms with E-state index in [-0.39, 0.29) is 0 Å². The molecule has 2 heterocycles. The Kier molecular flexibility index (Phi) is 5.41. The summed E-state index contributed by atoms with van der Waals surface area (Å²) < 4.78 is 0. The van der Waals surface area contributed by atoms with Crippen molar-refractivity contribution in [3.05, 3.63) is 35.5 Å². The summed E-state index contributed by atoms with van der Waals surface area (Å²) in [6.45, 7) is 3.63. The van der Waals surface area contributed by atoms with E-state index in [9.17, 15) is 5.11 Å². The molecule has 0 aromatic carbocycles. The first kappa shape index (κ1) is 16.0. The van der Waals surface area contributed by atoms with Crippen LogP contribution in [0, 0.1) is 0 Å². The Hall–Kier alpha value is -1.34. The van der Waals surface area contributed by atoms with Crippen LogP contribution in [0.4, 0.5) is 0 Å². The van der Waals surface area contributed by atoms with Crippen molar-refractivity contribution < 1.29 is 5.11 Å². The molecule has 1 atom stereocenters. The number of nitrogens with one attached hydrogen (secondary N) is 1. The Bertz CT molecular complexity index is 554. The monoisotopic (exact) mass is 306 g/mol. The third-order valence-electron chi connectivity index (χ3n) is 2.90. The van der Waals surface area contributed by atoms with Gasteiger partial charge in [-0.05, 0) is 33.2 Å². The molecule has 114 valence electrons. The van der Waals surface area contributed by atoms with Gasteiger partial charge in [0.15, 0.2) is 0 Å². The normalized spacial score (nSPS) is 14.3. The number of hydrogen-bond donors (Lipinski definition) is 2. The van der Waals surface area contributed by atoms with Gasteiger partial charge in [-0.1, -0.05) is 6.07 Å². The molecule has 0 amide bonds. The summed E-state index contributed by atoms with van der Waals surface area (Å²) in [5, 5.41) is 16.4. The number of rotatable bonds is 7. The highest BCUT2D eigenvalue weighted by Gasteiger charge is 2.20. The van der Waals surface area contributed by atoms with Gasteiger partial charge in [-0.2, -0.15) is 0 Å². The Morgan fingerprint density at radius 3 is 2.86 bits per heavy atom. The molecule has 0 radical (unpaired) electrons. The molecule has 5 nitrogen and oxygen atoms in total. The Labute approximate surface area is 129 Å². The fourth-order valence-electron chi connectivity index (χ4n) is 2.19. The smallest absolute Gasteiger partial charge is 0.142 e. The standard InChI is InChI=1S/C15H22N4OS/c1-15(20,11-19(2)3)10-16-8-12-9-21-14(18-12)13-6-4-5-7-17-13/h4-7,9,16,20H,8,10-11H2,1-3H3. The van der Waals surface area contributed by atoms with Crippen LogP contribution < -0.4 is 5.32 Å².